The number of benzene rings is 2. The van der Waals surface area contributed by atoms with Crippen LogP contribution in [0.2, 0.25) is 0 Å². The lowest BCUT2D eigenvalue weighted by molar-refractivity contribution is 0.482. The zero-order valence-electron chi connectivity index (χ0n) is 12.4. The van der Waals surface area contributed by atoms with E-state index in [1.165, 1.54) is 22.9 Å². The summed E-state index contributed by atoms with van der Waals surface area (Å²) >= 11 is 1.33. The molecule has 108 valence electrons. The molecule has 0 aliphatic rings. The lowest BCUT2D eigenvalue weighted by atomic mass is 9.98. The highest BCUT2D eigenvalue weighted by Crippen LogP contribution is 2.25. The quantitative estimate of drug-likeness (QED) is 0.689. The lowest BCUT2D eigenvalue weighted by Gasteiger charge is -2.13. The van der Waals surface area contributed by atoms with Gasteiger partial charge in [-0.25, -0.2) is 0 Å². The second-order valence-electron chi connectivity index (χ2n) is 5.21. The van der Waals surface area contributed by atoms with Gasteiger partial charge in [-0.15, -0.1) is 0 Å². The molecule has 1 unspecified atom stereocenters. The number of nitriles is 1. The topological polar surface area (TPSA) is 33.0 Å². The van der Waals surface area contributed by atoms with E-state index in [1.807, 2.05) is 36.4 Å². The molecule has 0 spiro atoms. The molecule has 0 radical (unpaired) electrons. The van der Waals surface area contributed by atoms with Gasteiger partial charge in [-0.3, -0.25) is 0 Å². The Hall–Kier alpha value is -1.92. The monoisotopic (exact) mass is 297 g/mol. The van der Waals surface area contributed by atoms with E-state index in [4.69, 9.17) is 10.00 Å². The Balaban J connectivity index is 2.02. The Morgan fingerprint density at radius 3 is 2.57 bits per heavy atom. The lowest BCUT2D eigenvalue weighted by Crippen LogP contribution is -2.04. The molecule has 2 aromatic rings. The number of rotatable bonds is 6. The van der Waals surface area contributed by atoms with E-state index in [1.54, 1.807) is 0 Å². The summed E-state index contributed by atoms with van der Waals surface area (Å²) in [6, 6.07) is 16.0. The standard InChI is InChI=1S/C18H19NOS/c1-14(12-21-13-19)10-16-8-9-18(11-15(16)2)20-17-6-4-3-5-7-17/h3-9,11,14H,10,12H2,1-2H3. The summed E-state index contributed by atoms with van der Waals surface area (Å²) in [5, 5.41) is 10.7. The summed E-state index contributed by atoms with van der Waals surface area (Å²) in [4.78, 5) is 0. The fraction of sp³-hybridized carbons (Fsp3) is 0.278. The molecule has 0 heterocycles. The first-order chi connectivity index (χ1) is 10.2. The Morgan fingerprint density at radius 1 is 1.14 bits per heavy atom. The van der Waals surface area contributed by atoms with E-state index in [-0.39, 0.29) is 0 Å². The van der Waals surface area contributed by atoms with Crippen molar-refractivity contribution in [1.29, 1.82) is 5.26 Å². The van der Waals surface area contributed by atoms with Crippen LogP contribution in [0.3, 0.4) is 0 Å². The van der Waals surface area contributed by atoms with Crippen molar-refractivity contribution in [1.82, 2.24) is 0 Å². The van der Waals surface area contributed by atoms with Crippen molar-refractivity contribution in [2.75, 3.05) is 5.75 Å². The molecular weight excluding hydrogens is 278 g/mol. The van der Waals surface area contributed by atoms with Crippen molar-refractivity contribution in [3.63, 3.8) is 0 Å². The minimum atomic E-state index is 0.495. The summed E-state index contributed by atoms with van der Waals surface area (Å²) < 4.78 is 5.84. The summed E-state index contributed by atoms with van der Waals surface area (Å²) in [6.45, 7) is 4.29. The summed E-state index contributed by atoms with van der Waals surface area (Å²) in [5.74, 6) is 3.08. The molecule has 2 rings (SSSR count). The number of ether oxygens (including phenoxy) is 1. The van der Waals surface area contributed by atoms with Crippen LogP contribution in [0.25, 0.3) is 0 Å². The minimum absolute atomic E-state index is 0.495. The smallest absolute Gasteiger partial charge is 0.133 e. The van der Waals surface area contributed by atoms with Crippen LogP contribution in [0.4, 0.5) is 0 Å². The first-order valence-corrected chi connectivity index (χ1v) is 8.01. The average molecular weight is 297 g/mol. The number of thiocyanates is 1. The maximum Gasteiger partial charge on any atom is 0.133 e. The Bertz CT molecular complexity index is 619. The highest BCUT2D eigenvalue weighted by Gasteiger charge is 2.07. The van der Waals surface area contributed by atoms with Crippen LogP contribution in [-0.4, -0.2) is 5.75 Å². The predicted molar refractivity (Wildman–Crippen MR) is 88.6 cm³/mol. The van der Waals surface area contributed by atoms with E-state index in [0.717, 1.165) is 23.7 Å². The van der Waals surface area contributed by atoms with Gasteiger partial charge in [0.2, 0.25) is 0 Å². The van der Waals surface area contributed by atoms with Crippen molar-refractivity contribution >= 4 is 11.8 Å². The van der Waals surface area contributed by atoms with Gasteiger partial charge in [0.25, 0.3) is 0 Å². The van der Waals surface area contributed by atoms with Crippen LogP contribution in [0, 0.1) is 23.5 Å². The highest BCUT2D eigenvalue weighted by atomic mass is 32.2. The summed E-state index contributed by atoms with van der Waals surface area (Å²) in [7, 11) is 0. The molecule has 0 N–H and O–H groups in total. The Kier molecular flexibility index (Phi) is 5.71. The second-order valence-corrected chi connectivity index (χ2v) is 6.02. The van der Waals surface area contributed by atoms with E-state index in [2.05, 4.69) is 31.4 Å². The Morgan fingerprint density at radius 2 is 1.90 bits per heavy atom. The Labute approximate surface area is 130 Å². The number of thioether (sulfide) groups is 1. The van der Waals surface area contributed by atoms with Crippen molar-refractivity contribution in [2.45, 2.75) is 20.3 Å². The fourth-order valence-electron chi connectivity index (χ4n) is 2.20. The maximum atomic E-state index is 8.61. The van der Waals surface area contributed by atoms with Crippen LogP contribution in [0.15, 0.2) is 48.5 Å². The fourth-order valence-corrected chi connectivity index (χ4v) is 2.68. The third-order valence-electron chi connectivity index (χ3n) is 3.29. The first kappa shape index (κ1) is 15.5. The normalized spacial score (nSPS) is 11.7. The molecule has 0 aliphatic heterocycles. The summed E-state index contributed by atoms with van der Waals surface area (Å²) in [6.07, 6.45) is 0.992. The molecule has 2 aromatic carbocycles. The van der Waals surface area contributed by atoms with Gasteiger partial charge in [-0.2, -0.15) is 5.26 Å². The van der Waals surface area contributed by atoms with Gasteiger partial charge in [-0.05, 0) is 66.4 Å². The molecule has 3 heteroatoms. The molecule has 2 nitrogen and oxygen atoms in total. The predicted octanol–water partition coefficient (Wildman–Crippen LogP) is 5.18. The number of nitrogens with zero attached hydrogens (tertiary/aromatic N) is 1. The van der Waals surface area contributed by atoms with Crippen molar-refractivity contribution in [3.05, 3.63) is 59.7 Å². The van der Waals surface area contributed by atoms with E-state index >= 15 is 0 Å². The van der Waals surface area contributed by atoms with Crippen LogP contribution in [0.5, 0.6) is 11.5 Å². The van der Waals surface area contributed by atoms with Crippen LogP contribution >= 0.6 is 11.8 Å². The molecule has 0 saturated carbocycles. The van der Waals surface area contributed by atoms with Gasteiger partial charge in [-0.1, -0.05) is 31.2 Å². The third kappa shape index (κ3) is 4.84. The zero-order valence-corrected chi connectivity index (χ0v) is 13.2. The molecule has 0 aliphatic carbocycles. The number of aryl methyl sites for hydroxylation is 1. The van der Waals surface area contributed by atoms with E-state index in [9.17, 15) is 0 Å². The van der Waals surface area contributed by atoms with Crippen LogP contribution < -0.4 is 4.74 Å². The van der Waals surface area contributed by atoms with Gasteiger partial charge in [0.15, 0.2) is 0 Å². The molecule has 0 amide bonds. The van der Waals surface area contributed by atoms with Crippen LogP contribution in [0.1, 0.15) is 18.1 Å². The number of para-hydroxylation sites is 1. The summed E-state index contributed by atoms with van der Waals surface area (Å²) in [5.41, 5.74) is 2.55. The van der Waals surface area contributed by atoms with Gasteiger partial charge in [0, 0.05) is 5.75 Å². The highest BCUT2D eigenvalue weighted by molar-refractivity contribution is 8.03. The van der Waals surface area contributed by atoms with Gasteiger partial charge < -0.3 is 4.74 Å². The molecule has 0 fully saturated rings. The number of hydrogen-bond donors (Lipinski definition) is 0. The molecular formula is C18H19NOS. The first-order valence-electron chi connectivity index (χ1n) is 7.02. The zero-order chi connectivity index (χ0) is 15.1. The molecule has 0 saturated heterocycles. The second kappa shape index (κ2) is 7.75. The number of hydrogen-bond acceptors (Lipinski definition) is 3. The van der Waals surface area contributed by atoms with E-state index < -0.39 is 0 Å². The van der Waals surface area contributed by atoms with Crippen LogP contribution in [-0.2, 0) is 6.42 Å². The van der Waals surface area contributed by atoms with E-state index in [0.29, 0.717) is 5.92 Å². The van der Waals surface area contributed by atoms with Gasteiger partial charge in [0.05, 0.1) is 0 Å². The molecule has 0 bridgehead atoms. The molecule has 1 atom stereocenters. The van der Waals surface area contributed by atoms with Crippen molar-refractivity contribution in [3.8, 4) is 16.9 Å². The minimum Gasteiger partial charge on any atom is -0.457 e. The SMILES string of the molecule is Cc1cc(Oc2ccccc2)ccc1CC(C)CSC#N. The van der Waals surface area contributed by atoms with Crippen molar-refractivity contribution < 1.29 is 4.74 Å². The molecule has 0 aromatic heterocycles. The van der Waals surface area contributed by atoms with Crippen molar-refractivity contribution in [2.24, 2.45) is 5.92 Å². The van der Waals surface area contributed by atoms with Gasteiger partial charge >= 0.3 is 0 Å². The third-order valence-corrected chi connectivity index (χ3v) is 4.16. The maximum absolute atomic E-state index is 8.61. The molecule has 21 heavy (non-hydrogen) atoms. The van der Waals surface area contributed by atoms with Gasteiger partial charge in [0.1, 0.15) is 16.9 Å². The average Bonchev–Trinajstić information content (AvgIpc) is 2.49. The largest absolute Gasteiger partial charge is 0.457 e.